The number of rotatable bonds is 1. The number of ether oxygens (including phenoxy) is 1. The third kappa shape index (κ3) is 2.38. The normalized spacial score (nSPS) is 27.8. The molecule has 2 aliphatic rings. The van der Waals surface area contributed by atoms with E-state index < -0.39 is 30.2 Å². The number of phenols is 1. The van der Waals surface area contributed by atoms with Gasteiger partial charge in [-0.05, 0) is 13.0 Å². The van der Waals surface area contributed by atoms with Gasteiger partial charge in [0.05, 0.1) is 23.9 Å². The number of fused-ring (bicyclic) bond motifs is 2. The van der Waals surface area contributed by atoms with Crippen molar-refractivity contribution in [3.8, 4) is 5.75 Å². The highest BCUT2D eigenvalue weighted by molar-refractivity contribution is 6.29. The van der Waals surface area contributed by atoms with E-state index in [4.69, 9.17) is 4.74 Å². The lowest BCUT2D eigenvalue weighted by molar-refractivity contribution is -0.163. The Labute approximate surface area is 149 Å². The number of carbonyl (C=O) groups is 2. The minimum atomic E-state index is -1.01. The Bertz CT molecular complexity index is 907. The molecule has 6 nitrogen and oxygen atoms in total. The summed E-state index contributed by atoms with van der Waals surface area (Å²) in [5.41, 5.74) is 1.01. The Balaban J connectivity index is 1.80. The van der Waals surface area contributed by atoms with Crippen LogP contribution in [0.2, 0.25) is 0 Å². The topological polar surface area (TPSA) is 104 Å². The Hall–Kier alpha value is -2.54. The van der Waals surface area contributed by atoms with Gasteiger partial charge in [-0.2, -0.15) is 0 Å². The van der Waals surface area contributed by atoms with E-state index >= 15 is 0 Å². The number of aliphatic hydroxyl groups excluding tert-OH is 2. The first-order chi connectivity index (χ1) is 12.4. The molecule has 134 valence electrons. The summed E-state index contributed by atoms with van der Waals surface area (Å²) in [6, 6.07) is 9.55. The van der Waals surface area contributed by atoms with Crippen molar-refractivity contribution in [1.29, 1.82) is 0 Å². The highest BCUT2D eigenvalue weighted by Crippen LogP contribution is 2.41. The number of phenolic OH excluding ortho intramolecular Hbond substituents is 1. The molecule has 0 aromatic heterocycles. The molecular weight excluding hydrogens is 336 g/mol. The number of hydrogen-bond acceptors (Lipinski definition) is 6. The smallest absolute Gasteiger partial charge is 0.198 e. The van der Waals surface area contributed by atoms with Crippen molar-refractivity contribution in [3.05, 3.63) is 64.2 Å². The lowest BCUT2D eigenvalue weighted by Crippen LogP contribution is -2.44. The molecule has 1 saturated heterocycles. The minimum Gasteiger partial charge on any atom is -0.507 e. The van der Waals surface area contributed by atoms with Crippen molar-refractivity contribution in [3.63, 3.8) is 0 Å². The molecule has 1 aliphatic carbocycles. The summed E-state index contributed by atoms with van der Waals surface area (Å²) in [4.78, 5) is 25.5. The van der Waals surface area contributed by atoms with Gasteiger partial charge in [0, 0.05) is 28.7 Å². The Kier molecular flexibility index (Phi) is 3.91. The van der Waals surface area contributed by atoms with Crippen molar-refractivity contribution in [2.24, 2.45) is 0 Å². The van der Waals surface area contributed by atoms with E-state index in [1.54, 1.807) is 31.2 Å². The Morgan fingerprint density at radius 3 is 2.27 bits per heavy atom. The van der Waals surface area contributed by atoms with Crippen LogP contribution in [-0.2, 0) is 4.74 Å². The van der Waals surface area contributed by atoms with Crippen LogP contribution in [0.3, 0.4) is 0 Å². The lowest BCUT2D eigenvalue weighted by atomic mass is 9.81. The standard InChI is InChI=1S/C20H18O6/c1-9-17(22)14(21)8-15(26-9)12-6-7-13-16(20(12)25)19(24)11-5-3-2-4-10(11)18(13)23/h2-7,9,14-15,17,21-22,25H,8H2,1H3/t9-,14-,15-,17-/m1/s1. The molecule has 0 bridgehead atoms. The number of aliphatic hydroxyl groups is 2. The highest BCUT2D eigenvalue weighted by Gasteiger charge is 2.38. The highest BCUT2D eigenvalue weighted by atomic mass is 16.5. The van der Waals surface area contributed by atoms with Crippen LogP contribution in [0.5, 0.6) is 5.75 Å². The second kappa shape index (κ2) is 6.02. The van der Waals surface area contributed by atoms with E-state index in [2.05, 4.69) is 0 Å². The fourth-order valence-corrected chi connectivity index (χ4v) is 3.71. The molecule has 4 atom stereocenters. The summed E-state index contributed by atoms with van der Waals surface area (Å²) < 4.78 is 5.69. The second-order valence-electron chi connectivity index (χ2n) is 6.75. The van der Waals surface area contributed by atoms with Crippen molar-refractivity contribution in [2.45, 2.75) is 37.8 Å². The van der Waals surface area contributed by atoms with Crippen LogP contribution >= 0.6 is 0 Å². The molecule has 2 aromatic carbocycles. The molecular formula is C20H18O6. The van der Waals surface area contributed by atoms with E-state index in [1.807, 2.05) is 0 Å². The molecule has 0 radical (unpaired) electrons. The Morgan fingerprint density at radius 2 is 1.62 bits per heavy atom. The van der Waals surface area contributed by atoms with Crippen molar-refractivity contribution in [2.75, 3.05) is 0 Å². The maximum atomic E-state index is 12.8. The first-order valence-corrected chi connectivity index (χ1v) is 8.46. The summed E-state index contributed by atoms with van der Waals surface area (Å²) in [5.74, 6) is -1.04. The van der Waals surface area contributed by atoms with Gasteiger partial charge in [-0.1, -0.05) is 30.3 Å². The number of carbonyl (C=O) groups excluding carboxylic acids is 2. The molecule has 0 saturated carbocycles. The SMILES string of the molecule is C[C@H]1O[C@@H](c2ccc3c(c2O)C(=O)c2ccccc2C3=O)C[C@@H](O)[C@@H]1O. The van der Waals surface area contributed by atoms with E-state index in [0.29, 0.717) is 11.1 Å². The van der Waals surface area contributed by atoms with Crippen LogP contribution in [0.25, 0.3) is 0 Å². The van der Waals surface area contributed by atoms with Crippen LogP contribution in [-0.4, -0.2) is 45.2 Å². The van der Waals surface area contributed by atoms with E-state index in [1.165, 1.54) is 12.1 Å². The van der Waals surface area contributed by atoms with Crippen LogP contribution in [0.4, 0.5) is 0 Å². The fraction of sp³-hybridized carbons (Fsp3) is 0.300. The molecule has 3 N–H and O–H groups in total. The fourth-order valence-electron chi connectivity index (χ4n) is 3.71. The van der Waals surface area contributed by atoms with E-state index in [-0.39, 0.29) is 34.6 Å². The van der Waals surface area contributed by atoms with Gasteiger partial charge in [0.1, 0.15) is 11.9 Å². The third-order valence-corrected chi connectivity index (χ3v) is 5.15. The Morgan fingerprint density at radius 1 is 0.962 bits per heavy atom. The van der Waals surface area contributed by atoms with Gasteiger partial charge in [-0.3, -0.25) is 9.59 Å². The van der Waals surface area contributed by atoms with Crippen molar-refractivity contribution >= 4 is 11.6 Å². The van der Waals surface area contributed by atoms with Gasteiger partial charge < -0.3 is 20.1 Å². The van der Waals surface area contributed by atoms with Gasteiger partial charge in [0.2, 0.25) is 0 Å². The van der Waals surface area contributed by atoms with E-state index in [0.717, 1.165) is 0 Å². The zero-order valence-electron chi connectivity index (χ0n) is 14.0. The third-order valence-electron chi connectivity index (χ3n) is 5.15. The lowest BCUT2D eigenvalue weighted by Gasteiger charge is -2.36. The number of aromatic hydroxyl groups is 1. The van der Waals surface area contributed by atoms with Gasteiger partial charge in [0.15, 0.2) is 11.6 Å². The molecule has 4 rings (SSSR count). The second-order valence-corrected chi connectivity index (χ2v) is 6.75. The van der Waals surface area contributed by atoms with Crippen molar-refractivity contribution < 1.29 is 29.6 Å². The minimum absolute atomic E-state index is 0.0388. The van der Waals surface area contributed by atoms with Crippen LogP contribution in [0, 0.1) is 0 Å². The molecule has 1 fully saturated rings. The van der Waals surface area contributed by atoms with Crippen molar-refractivity contribution in [1.82, 2.24) is 0 Å². The molecule has 0 amide bonds. The average molecular weight is 354 g/mol. The monoisotopic (exact) mass is 354 g/mol. The molecule has 1 aliphatic heterocycles. The molecule has 26 heavy (non-hydrogen) atoms. The first-order valence-electron chi connectivity index (χ1n) is 8.46. The summed E-state index contributed by atoms with van der Waals surface area (Å²) in [7, 11) is 0. The maximum absolute atomic E-state index is 12.8. The van der Waals surface area contributed by atoms with Gasteiger partial charge in [-0.25, -0.2) is 0 Å². The summed E-state index contributed by atoms with van der Waals surface area (Å²) >= 11 is 0. The van der Waals surface area contributed by atoms with Crippen LogP contribution < -0.4 is 0 Å². The molecule has 0 unspecified atom stereocenters. The predicted molar refractivity (Wildman–Crippen MR) is 91.3 cm³/mol. The zero-order valence-corrected chi connectivity index (χ0v) is 14.0. The van der Waals surface area contributed by atoms with Gasteiger partial charge in [-0.15, -0.1) is 0 Å². The first kappa shape index (κ1) is 16.9. The quantitative estimate of drug-likeness (QED) is 0.615. The van der Waals surface area contributed by atoms with Gasteiger partial charge >= 0.3 is 0 Å². The van der Waals surface area contributed by atoms with Crippen LogP contribution in [0.1, 0.15) is 56.9 Å². The number of ketones is 2. The molecule has 0 spiro atoms. The number of benzene rings is 2. The summed E-state index contributed by atoms with van der Waals surface area (Å²) in [6.07, 6.45) is -3.25. The zero-order chi connectivity index (χ0) is 18.6. The molecule has 1 heterocycles. The van der Waals surface area contributed by atoms with Gasteiger partial charge in [0.25, 0.3) is 0 Å². The predicted octanol–water partition coefficient (Wildman–Crippen LogP) is 1.74. The average Bonchev–Trinajstić information content (AvgIpc) is 2.63. The summed E-state index contributed by atoms with van der Waals surface area (Å²) in [6.45, 7) is 1.63. The maximum Gasteiger partial charge on any atom is 0.198 e. The van der Waals surface area contributed by atoms with Crippen LogP contribution in [0.15, 0.2) is 36.4 Å². The molecule has 6 heteroatoms. The van der Waals surface area contributed by atoms with E-state index in [9.17, 15) is 24.9 Å². The molecule has 2 aromatic rings. The number of hydrogen-bond donors (Lipinski definition) is 3. The largest absolute Gasteiger partial charge is 0.507 e. The summed E-state index contributed by atoms with van der Waals surface area (Å²) in [5, 5.41) is 30.6.